The zero-order valence-corrected chi connectivity index (χ0v) is 63.7. The number of rotatable bonds is 30. The molecule has 0 aromatic rings. The van der Waals surface area contributed by atoms with Crippen molar-refractivity contribution in [3.05, 3.63) is 0 Å². The minimum absolute atomic E-state index is 0.00525. The van der Waals surface area contributed by atoms with Gasteiger partial charge in [0.2, 0.25) is 0 Å². The number of imide groups is 1. The van der Waals surface area contributed by atoms with Gasteiger partial charge in [-0.1, -0.05) is 189 Å². The summed E-state index contributed by atoms with van der Waals surface area (Å²) in [5, 5.41) is 29.8. The summed E-state index contributed by atoms with van der Waals surface area (Å²) < 4.78 is 0. The summed E-state index contributed by atoms with van der Waals surface area (Å²) in [6.45, 7) is 2.60. The van der Waals surface area contributed by atoms with Crippen molar-refractivity contribution in [3.63, 3.8) is 0 Å². The predicted octanol–water partition coefficient (Wildman–Crippen LogP) is 18.5. The summed E-state index contributed by atoms with van der Waals surface area (Å²) >= 11 is 0. The number of carbonyl (C=O) groups is 5. The predicted molar refractivity (Wildman–Crippen MR) is 413 cm³/mol. The summed E-state index contributed by atoms with van der Waals surface area (Å²) in [5.41, 5.74) is 3.17. The normalized spacial score (nSPS) is 20.8. The van der Waals surface area contributed by atoms with E-state index in [0.29, 0.717) is 57.2 Å². The number of nitrogens with one attached hydrogen (secondary N) is 5. The van der Waals surface area contributed by atoms with Gasteiger partial charge in [0.1, 0.15) is 0 Å². The summed E-state index contributed by atoms with van der Waals surface area (Å²) in [6, 6.07) is 0.184. The Balaban J connectivity index is 0.747. The summed E-state index contributed by atoms with van der Waals surface area (Å²) in [7, 11) is 0. The molecule has 10 amide bonds. The number of amidine groups is 3. The summed E-state index contributed by atoms with van der Waals surface area (Å²) in [5.74, 6) is 0. The average Bonchev–Trinajstić information content (AvgIpc) is 0.843. The molecule has 0 aromatic heterocycles. The zero-order chi connectivity index (χ0) is 71.6. The molecule has 9 aliphatic rings. The second kappa shape index (κ2) is 48.2. The fourth-order valence-corrected chi connectivity index (χ4v) is 16.9. The van der Waals surface area contributed by atoms with Crippen molar-refractivity contribution in [3.8, 4) is 0 Å². The number of hydrogen-bond acceptors (Lipinski definition) is 14. The number of aliphatic imine (C=N–C) groups is 3. The largest absolute Gasteiger partial charge is 0.338 e. The topological polar surface area (TPSA) is 260 Å². The summed E-state index contributed by atoms with van der Waals surface area (Å²) in [4.78, 5) is 112. The molecule has 23 heteroatoms. The van der Waals surface area contributed by atoms with Crippen LogP contribution in [0, 0.1) is 0 Å². The highest BCUT2D eigenvalue weighted by molar-refractivity contribution is 5.97. The van der Waals surface area contributed by atoms with Gasteiger partial charge in [0, 0.05) is 57.4 Å². The van der Waals surface area contributed by atoms with Gasteiger partial charge >= 0.3 is 48.2 Å². The van der Waals surface area contributed by atoms with Gasteiger partial charge in [-0.3, -0.25) is 0 Å². The Morgan fingerprint density at radius 2 is 0.495 bits per heavy atom. The molecule has 0 saturated heterocycles. The zero-order valence-electron chi connectivity index (χ0n) is 63.7. The lowest BCUT2D eigenvalue weighted by Crippen LogP contribution is -2.51. The minimum Gasteiger partial charge on any atom is -0.338 e. The standard InChI is InChI=1S/C80H137N15O8/c96-73(81-58-34-1-3-36-60-83-75(98)93(70-52-28-13-29-53-70)78(86-64-40-16-7-17-41-64)101-89-67-46-22-10-23-47-67)92(63-39-6-5-38-62-85-77(100)95(72-56-32-15-33-57-72)80(88-66-44-20-9-21-45-66)103-91-69-50-26-12-27-51-69)74(97)82-59-35-2-4-37-61-84-76(99)94(71-54-30-14-31-55-71)79(87-65-42-18-8-19-43-65)102-90-68-48-24-11-25-49-68/h64-66,70-72H,1-63H2,(H,81,96)(H,82,97)(H,83,98)(H,84,99)(H,85,100). The molecule has 103 heavy (non-hydrogen) atoms. The lowest BCUT2D eigenvalue weighted by atomic mass is 9.94. The van der Waals surface area contributed by atoms with Gasteiger partial charge in [0.25, 0.3) is 0 Å². The van der Waals surface area contributed by atoms with E-state index in [1.165, 1.54) is 56.3 Å². The van der Waals surface area contributed by atoms with Gasteiger partial charge in [-0.05, 0) is 193 Å². The van der Waals surface area contributed by atoms with Crippen molar-refractivity contribution >= 4 is 65.4 Å². The Kier molecular flexibility index (Phi) is 38.0. The molecule has 580 valence electrons. The van der Waals surface area contributed by atoms with E-state index >= 15 is 0 Å². The van der Waals surface area contributed by atoms with Crippen LogP contribution in [0.3, 0.4) is 0 Å². The number of nitrogens with zero attached hydrogens (tertiary/aromatic N) is 10. The Morgan fingerprint density at radius 1 is 0.272 bits per heavy atom. The smallest absolute Gasteiger partial charge is 0.326 e. The van der Waals surface area contributed by atoms with Crippen LogP contribution in [0.25, 0.3) is 0 Å². The minimum atomic E-state index is -0.414. The number of unbranched alkanes of at least 4 members (excludes halogenated alkanes) is 9. The van der Waals surface area contributed by atoms with Crippen molar-refractivity contribution < 1.29 is 38.5 Å². The van der Waals surface area contributed by atoms with E-state index in [2.05, 4.69) is 42.1 Å². The lowest BCUT2D eigenvalue weighted by Gasteiger charge is -2.34. The Bertz CT molecular complexity index is 2540. The summed E-state index contributed by atoms with van der Waals surface area (Å²) in [6.07, 6.45) is 57.1. The molecule has 0 spiro atoms. The van der Waals surface area contributed by atoms with Crippen molar-refractivity contribution in [1.82, 2.24) is 46.2 Å². The van der Waals surface area contributed by atoms with Gasteiger partial charge < -0.3 is 41.1 Å². The van der Waals surface area contributed by atoms with E-state index in [9.17, 15) is 24.0 Å². The van der Waals surface area contributed by atoms with Crippen molar-refractivity contribution in [1.29, 1.82) is 0 Å². The van der Waals surface area contributed by atoms with Crippen LogP contribution in [0.4, 0.5) is 24.0 Å². The third kappa shape index (κ3) is 29.7. The van der Waals surface area contributed by atoms with Crippen LogP contribution < -0.4 is 26.6 Å². The van der Waals surface area contributed by atoms with E-state index < -0.39 is 12.1 Å². The Hall–Kier alpha value is -6.03. The van der Waals surface area contributed by atoms with Gasteiger partial charge in [-0.15, -0.1) is 0 Å². The molecule has 0 aromatic carbocycles. The Morgan fingerprint density at radius 3 is 0.757 bits per heavy atom. The Labute approximate surface area is 619 Å². The first-order valence-corrected chi connectivity index (χ1v) is 42.7. The van der Waals surface area contributed by atoms with Crippen LogP contribution >= 0.6 is 0 Å². The monoisotopic (exact) mass is 1440 g/mol. The van der Waals surface area contributed by atoms with E-state index in [0.717, 1.165) is 325 Å². The van der Waals surface area contributed by atoms with Crippen LogP contribution in [-0.4, -0.2) is 160 Å². The maximum absolute atomic E-state index is 14.4. The highest BCUT2D eigenvalue weighted by Crippen LogP contribution is 2.31. The molecule has 0 heterocycles. The molecule has 0 bridgehead atoms. The number of carbonyl (C=O) groups excluding carboxylic acids is 5. The lowest BCUT2D eigenvalue weighted by molar-refractivity contribution is 0.164. The quantitative estimate of drug-likeness (QED) is 0.0199. The molecule has 9 rings (SSSR count). The second-order valence-corrected chi connectivity index (χ2v) is 31.6. The first-order valence-electron chi connectivity index (χ1n) is 42.7. The number of oxime groups is 3. The SMILES string of the molecule is O=C(NCCCCCCNC(=O)N(C(=NC1CCCCC1)ON=C1CCCCC1)C1CCCCC1)N(CCCCCCNC(=O)N(C(=NC1CCCCC1)ON=C1CCCCC1)C1CCCCC1)C(=O)NCCCCCCNC(=O)N(C(=NC1CCCCC1)ON=C1CCCCC1)C1CCCCC1. The van der Waals surface area contributed by atoms with Gasteiger partial charge in [-0.2, -0.15) is 0 Å². The second-order valence-electron chi connectivity index (χ2n) is 31.6. The van der Waals surface area contributed by atoms with Crippen LogP contribution in [0.1, 0.15) is 366 Å². The number of hydrogen-bond donors (Lipinski definition) is 5. The maximum atomic E-state index is 14.4. The van der Waals surface area contributed by atoms with Gasteiger partial charge in [0.15, 0.2) is 0 Å². The highest BCUT2D eigenvalue weighted by Gasteiger charge is 2.36. The van der Waals surface area contributed by atoms with E-state index in [4.69, 9.17) is 29.5 Å². The maximum Gasteiger partial charge on any atom is 0.326 e. The van der Waals surface area contributed by atoms with E-state index in [-0.39, 0.29) is 60.9 Å². The first kappa shape index (κ1) is 81.1. The van der Waals surface area contributed by atoms with Crippen LogP contribution in [0.2, 0.25) is 0 Å². The first-order chi connectivity index (χ1) is 50.8. The molecule has 9 saturated carbocycles. The van der Waals surface area contributed by atoms with Crippen LogP contribution in [0.15, 0.2) is 30.4 Å². The number of amides is 10. The fraction of sp³-hybridized carbons (Fsp3) is 0.863. The molecule has 5 N–H and O–H groups in total. The molecule has 0 unspecified atom stereocenters. The van der Waals surface area contributed by atoms with E-state index in [1.54, 1.807) is 4.90 Å². The van der Waals surface area contributed by atoms with Crippen LogP contribution in [0.5, 0.6) is 0 Å². The van der Waals surface area contributed by atoms with Crippen molar-refractivity contribution in [2.45, 2.75) is 402 Å². The molecule has 0 radical (unpaired) electrons. The third-order valence-corrected chi connectivity index (χ3v) is 23.1. The average molecular weight is 1440 g/mol. The molecule has 9 aliphatic carbocycles. The molecule has 0 aliphatic heterocycles. The molecular weight excluding hydrogens is 1300 g/mol. The third-order valence-electron chi connectivity index (χ3n) is 23.1. The van der Waals surface area contributed by atoms with Crippen molar-refractivity contribution in [2.75, 3.05) is 39.3 Å². The van der Waals surface area contributed by atoms with E-state index in [1.807, 2.05) is 9.80 Å². The van der Waals surface area contributed by atoms with Gasteiger partial charge in [-0.25, -0.2) is 58.5 Å². The van der Waals surface area contributed by atoms with Crippen molar-refractivity contribution in [2.24, 2.45) is 30.4 Å². The molecule has 9 fully saturated rings. The number of urea groups is 5. The highest BCUT2D eigenvalue weighted by atomic mass is 16.7. The molecule has 23 nitrogen and oxygen atoms in total. The van der Waals surface area contributed by atoms with Crippen LogP contribution in [-0.2, 0) is 14.5 Å². The molecular formula is C80H137N15O8. The van der Waals surface area contributed by atoms with Gasteiger partial charge in [0.05, 0.1) is 35.3 Å². The molecule has 0 atom stereocenters. The fourth-order valence-electron chi connectivity index (χ4n) is 16.9.